The van der Waals surface area contributed by atoms with Crippen molar-refractivity contribution >= 4 is 30.1 Å². The summed E-state index contributed by atoms with van der Waals surface area (Å²) in [6, 6.07) is 23.9. The molecular formula is C18H14NO3P. The molecule has 4 nitrogen and oxygen atoms in total. The lowest BCUT2D eigenvalue weighted by atomic mass is 10.4. The normalized spacial score (nSPS) is 10.7. The van der Waals surface area contributed by atoms with E-state index in [-0.39, 0.29) is 0 Å². The molecule has 0 aliphatic rings. The van der Waals surface area contributed by atoms with Crippen molar-refractivity contribution in [2.24, 2.45) is 0 Å². The van der Waals surface area contributed by atoms with Crippen LogP contribution in [0.25, 0.3) is 0 Å². The summed E-state index contributed by atoms with van der Waals surface area (Å²) in [4.78, 5) is 23.6. The number of hydrogen-bond acceptors (Lipinski definition) is 2. The molecule has 1 aromatic heterocycles. The highest BCUT2D eigenvalue weighted by Gasteiger charge is 2.22. The molecule has 5 heteroatoms. The minimum Gasteiger partial charge on any atom is -0.464 e. The van der Waals surface area contributed by atoms with Crippen molar-refractivity contribution < 1.29 is 9.90 Å². The van der Waals surface area contributed by atoms with E-state index in [0.717, 1.165) is 15.2 Å². The highest BCUT2D eigenvalue weighted by atomic mass is 31.1. The Morgan fingerprint density at radius 3 is 1.78 bits per heavy atom. The Hall–Kier alpha value is -2.71. The monoisotopic (exact) mass is 323 g/mol. The van der Waals surface area contributed by atoms with Crippen LogP contribution in [0.3, 0.4) is 0 Å². The van der Waals surface area contributed by atoms with E-state index in [1.165, 1.54) is 6.07 Å². The molecule has 3 aromatic rings. The van der Waals surface area contributed by atoms with Gasteiger partial charge in [0.2, 0.25) is 0 Å². The first-order chi connectivity index (χ1) is 11.2. The van der Waals surface area contributed by atoms with Crippen molar-refractivity contribution in [2.75, 3.05) is 0 Å². The summed E-state index contributed by atoms with van der Waals surface area (Å²) in [5.74, 6) is 0. The number of pyridine rings is 1. The molecule has 2 aromatic carbocycles. The predicted molar refractivity (Wildman–Crippen MR) is 92.8 cm³/mol. The number of carbonyl (C=O) groups is 1. The summed E-state index contributed by atoms with van der Waals surface area (Å²) < 4.78 is 0.839. The van der Waals surface area contributed by atoms with Crippen LogP contribution in [0.5, 0.6) is 0 Å². The molecule has 0 amide bonds. The highest BCUT2D eigenvalue weighted by Crippen LogP contribution is 2.31. The first-order valence-corrected chi connectivity index (χ1v) is 8.38. The Kier molecular flexibility index (Phi) is 4.35. The first-order valence-electron chi connectivity index (χ1n) is 7.04. The van der Waals surface area contributed by atoms with Crippen molar-refractivity contribution in [1.82, 2.24) is 4.57 Å². The van der Waals surface area contributed by atoms with Crippen LogP contribution in [0.2, 0.25) is 0 Å². The van der Waals surface area contributed by atoms with Crippen molar-refractivity contribution in [3.8, 4) is 0 Å². The molecular weight excluding hydrogens is 309 g/mol. The van der Waals surface area contributed by atoms with Gasteiger partial charge in [-0.1, -0.05) is 66.7 Å². The zero-order valence-electron chi connectivity index (χ0n) is 12.2. The second kappa shape index (κ2) is 6.59. The lowest BCUT2D eigenvalue weighted by Crippen LogP contribution is -2.39. The summed E-state index contributed by atoms with van der Waals surface area (Å²) >= 11 is 0. The molecule has 0 bridgehead atoms. The maximum absolute atomic E-state index is 12.0. The van der Waals surface area contributed by atoms with Gasteiger partial charge in [-0.15, -0.1) is 0 Å². The van der Waals surface area contributed by atoms with Gasteiger partial charge in [0, 0.05) is 14.0 Å². The largest absolute Gasteiger partial charge is 0.464 e. The molecule has 1 N–H and O–H groups in total. The third-order valence-corrected chi connectivity index (χ3v) is 5.82. The van der Waals surface area contributed by atoms with Gasteiger partial charge in [0.15, 0.2) is 0 Å². The smallest absolute Gasteiger partial charge is 0.419 e. The number of rotatable bonds is 3. The molecule has 0 saturated heterocycles. The summed E-state index contributed by atoms with van der Waals surface area (Å²) in [6.45, 7) is 0. The van der Waals surface area contributed by atoms with Crippen molar-refractivity contribution in [1.29, 1.82) is 0 Å². The van der Waals surface area contributed by atoms with Crippen molar-refractivity contribution in [3.63, 3.8) is 0 Å². The minimum absolute atomic E-state index is 0.498. The third-order valence-electron chi connectivity index (χ3n) is 3.38. The number of carboxylic acid groups (broad SMARTS) is 1. The maximum atomic E-state index is 12.0. The Balaban J connectivity index is 2.28. The fraction of sp³-hybridized carbons (Fsp3) is 0. The highest BCUT2D eigenvalue weighted by molar-refractivity contribution is 7.79. The van der Waals surface area contributed by atoms with E-state index in [1.54, 1.807) is 12.1 Å². The van der Waals surface area contributed by atoms with E-state index in [1.807, 2.05) is 60.7 Å². The average Bonchev–Trinajstić information content (AvgIpc) is 2.57. The van der Waals surface area contributed by atoms with E-state index < -0.39 is 19.6 Å². The van der Waals surface area contributed by atoms with Crippen LogP contribution in [0.15, 0.2) is 83.7 Å². The lowest BCUT2D eigenvalue weighted by molar-refractivity contribution is 0.196. The molecule has 0 fully saturated rings. The molecule has 0 aliphatic carbocycles. The summed E-state index contributed by atoms with van der Waals surface area (Å²) in [5, 5.41) is 11.5. The molecule has 114 valence electrons. The number of nitrogens with zero attached hydrogens (tertiary/aromatic N) is 1. The second-order valence-electron chi connectivity index (χ2n) is 4.85. The van der Waals surface area contributed by atoms with Gasteiger partial charge in [-0.05, 0) is 16.7 Å². The molecule has 1 heterocycles. The van der Waals surface area contributed by atoms with Crippen LogP contribution in [-0.2, 0) is 0 Å². The Labute approximate surface area is 134 Å². The second-order valence-corrected chi connectivity index (χ2v) is 7.01. The summed E-state index contributed by atoms with van der Waals surface area (Å²) in [5.41, 5.74) is -0.0354. The van der Waals surface area contributed by atoms with Gasteiger partial charge in [-0.3, -0.25) is 4.79 Å². The van der Waals surface area contributed by atoms with Gasteiger partial charge in [0.1, 0.15) is 0 Å². The molecule has 0 unspecified atom stereocenters. The third kappa shape index (κ3) is 3.08. The standard InChI is InChI=1S/C18H14NO3P/c20-16-12-7-13-17(19(16)18(21)22)23(14-8-3-1-4-9-14)15-10-5-2-6-11-15/h1-13H,(H,21,22). The van der Waals surface area contributed by atoms with Crippen LogP contribution < -0.4 is 21.6 Å². The Bertz CT molecular complexity index is 836. The number of hydrogen-bond donors (Lipinski definition) is 1. The Morgan fingerprint density at radius 1 is 0.783 bits per heavy atom. The van der Waals surface area contributed by atoms with E-state index in [4.69, 9.17) is 0 Å². The lowest BCUT2D eigenvalue weighted by Gasteiger charge is -2.21. The minimum atomic E-state index is -1.26. The number of aromatic nitrogens is 1. The van der Waals surface area contributed by atoms with Crippen LogP contribution in [0.1, 0.15) is 0 Å². The Morgan fingerprint density at radius 2 is 1.30 bits per heavy atom. The average molecular weight is 323 g/mol. The first kappa shape index (κ1) is 15.2. The van der Waals surface area contributed by atoms with Crippen LogP contribution in [-0.4, -0.2) is 15.8 Å². The zero-order valence-corrected chi connectivity index (χ0v) is 13.1. The van der Waals surface area contributed by atoms with Crippen LogP contribution in [0.4, 0.5) is 4.79 Å². The van der Waals surface area contributed by atoms with Crippen molar-refractivity contribution in [2.45, 2.75) is 0 Å². The topological polar surface area (TPSA) is 59.3 Å². The van der Waals surface area contributed by atoms with Gasteiger partial charge in [-0.2, -0.15) is 0 Å². The van der Waals surface area contributed by atoms with Gasteiger partial charge >= 0.3 is 6.09 Å². The van der Waals surface area contributed by atoms with Gasteiger partial charge in [0.25, 0.3) is 5.56 Å². The van der Waals surface area contributed by atoms with Crippen molar-refractivity contribution in [3.05, 3.63) is 89.2 Å². The SMILES string of the molecule is O=C(O)n1c(P(c2ccccc2)c2ccccc2)cccc1=O. The van der Waals surface area contributed by atoms with Gasteiger partial charge in [-0.25, -0.2) is 9.36 Å². The summed E-state index contributed by atoms with van der Waals surface area (Å²) in [6.07, 6.45) is -1.26. The fourth-order valence-electron chi connectivity index (χ4n) is 2.41. The van der Waals surface area contributed by atoms with Gasteiger partial charge < -0.3 is 5.11 Å². The molecule has 0 radical (unpaired) electrons. The predicted octanol–water partition coefficient (Wildman–Crippen LogP) is 2.13. The van der Waals surface area contributed by atoms with E-state index in [2.05, 4.69) is 0 Å². The zero-order chi connectivity index (χ0) is 16.2. The molecule has 0 atom stereocenters. The molecule has 3 rings (SSSR count). The molecule has 0 saturated carbocycles. The van der Waals surface area contributed by atoms with E-state index in [0.29, 0.717) is 5.44 Å². The molecule has 23 heavy (non-hydrogen) atoms. The summed E-state index contributed by atoms with van der Waals surface area (Å²) in [7, 11) is -1.13. The van der Waals surface area contributed by atoms with E-state index in [9.17, 15) is 14.7 Å². The number of benzene rings is 2. The van der Waals surface area contributed by atoms with Gasteiger partial charge in [0.05, 0.1) is 5.44 Å². The van der Waals surface area contributed by atoms with E-state index >= 15 is 0 Å². The fourth-order valence-corrected chi connectivity index (χ4v) is 4.80. The van der Waals surface area contributed by atoms with Crippen LogP contribution in [0, 0.1) is 0 Å². The quantitative estimate of drug-likeness (QED) is 0.751. The molecule has 0 spiro atoms. The molecule has 0 aliphatic heterocycles. The maximum Gasteiger partial charge on any atom is 0.419 e. The van der Waals surface area contributed by atoms with Crippen LogP contribution >= 0.6 is 7.92 Å².